The molecule has 20 heavy (non-hydrogen) atoms. The number of benzene rings is 1. The van der Waals surface area contributed by atoms with E-state index in [9.17, 15) is 0 Å². The van der Waals surface area contributed by atoms with Crippen LogP contribution < -0.4 is 5.32 Å². The van der Waals surface area contributed by atoms with Gasteiger partial charge in [-0.2, -0.15) is 0 Å². The van der Waals surface area contributed by atoms with Crippen molar-refractivity contribution < 1.29 is 0 Å². The molecular formula is C16H24Br2N2. The number of rotatable bonds is 6. The molecule has 2 nitrogen and oxygen atoms in total. The van der Waals surface area contributed by atoms with Crippen LogP contribution in [0.25, 0.3) is 0 Å². The molecule has 0 radical (unpaired) electrons. The first kappa shape index (κ1) is 16.5. The van der Waals surface area contributed by atoms with Gasteiger partial charge in [-0.3, -0.25) is 4.90 Å². The molecule has 0 unspecified atom stereocenters. The van der Waals surface area contributed by atoms with Crippen molar-refractivity contribution in [3.05, 3.63) is 32.7 Å². The predicted octanol–water partition coefficient (Wildman–Crippen LogP) is 4.42. The zero-order chi connectivity index (χ0) is 14.4. The Labute approximate surface area is 139 Å². The maximum atomic E-state index is 3.60. The van der Waals surface area contributed by atoms with Crippen LogP contribution in [0.5, 0.6) is 0 Å². The quantitative estimate of drug-likeness (QED) is 0.755. The van der Waals surface area contributed by atoms with E-state index in [1.165, 1.54) is 51.0 Å². The van der Waals surface area contributed by atoms with E-state index in [4.69, 9.17) is 0 Å². The average Bonchev–Trinajstić information content (AvgIpc) is 2.44. The third kappa shape index (κ3) is 5.14. The van der Waals surface area contributed by atoms with Crippen molar-refractivity contribution >= 4 is 31.9 Å². The van der Waals surface area contributed by atoms with E-state index in [0.29, 0.717) is 0 Å². The van der Waals surface area contributed by atoms with Gasteiger partial charge in [-0.25, -0.2) is 0 Å². The maximum Gasteiger partial charge on any atom is 0.0320 e. The summed E-state index contributed by atoms with van der Waals surface area (Å²) in [7, 11) is 0. The summed E-state index contributed by atoms with van der Waals surface area (Å²) in [6, 6.07) is 6.59. The summed E-state index contributed by atoms with van der Waals surface area (Å²) in [5, 5.41) is 3.45. The Morgan fingerprint density at radius 2 is 1.95 bits per heavy atom. The van der Waals surface area contributed by atoms with Gasteiger partial charge in [0, 0.05) is 22.0 Å². The molecule has 1 fully saturated rings. The number of hydrogen-bond donors (Lipinski definition) is 1. The van der Waals surface area contributed by atoms with Crippen LogP contribution in [0.15, 0.2) is 27.1 Å². The van der Waals surface area contributed by atoms with Crippen LogP contribution in [0.1, 0.15) is 31.7 Å². The Kier molecular flexibility index (Phi) is 7.02. The lowest BCUT2D eigenvalue weighted by Gasteiger charge is -2.30. The van der Waals surface area contributed by atoms with Gasteiger partial charge < -0.3 is 5.32 Å². The van der Waals surface area contributed by atoms with Gasteiger partial charge in [-0.05, 0) is 94.4 Å². The van der Waals surface area contributed by atoms with Crippen molar-refractivity contribution in [2.24, 2.45) is 5.92 Å². The largest absolute Gasteiger partial charge is 0.317 e. The predicted molar refractivity (Wildman–Crippen MR) is 93.0 cm³/mol. The standard InChI is InChI=1S/C16H24Br2N2/c1-2-9-20(11-13-5-7-19-8-6-13)12-14-3-4-15(17)16(18)10-14/h3-4,10,13,19H,2,5-9,11-12H2,1H3. The molecule has 0 aliphatic carbocycles. The molecule has 2 rings (SSSR count). The molecule has 1 saturated heterocycles. The second kappa shape index (κ2) is 8.52. The first-order chi connectivity index (χ1) is 9.69. The maximum absolute atomic E-state index is 3.60. The third-order valence-electron chi connectivity index (χ3n) is 3.91. The summed E-state index contributed by atoms with van der Waals surface area (Å²) in [5.74, 6) is 0.863. The number of halogens is 2. The second-order valence-corrected chi connectivity index (χ2v) is 7.39. The van der Waals surface area contributed by atoms with Gasteiger partial charge in [0.25, 0.3) is 0 Å². The van der Waals surface area contributed by atoms with E-state index in [-0.39, 0.29) is 0 Å². The molecule has 0 saturated carbocycles. The van der Waals surface area contributed by atoms with Gasteiger partial charge in [-0.15, -0.1) is 0 Å². The molecular weight excluding hydrogens is 380 g/mol. The van der Waals surface area contributed by atoms with E-state index in [0.717, 1.165) is 21.4 Å². The van der Waals surface area contributed by atoms with Crippen LogP contribution in [0.4, 0.5) is 0 Å². The molecule has 1 N–H and O–H groups in total. The Morgan fingerprint density at radius 3 is 2.60 bits per heavy atom. The van der Waals surface area contributed by atoms with E-state index < -0.39 is 0 Å². The van der Waals surface area contributed by atoms with Gasteiger partial charge in [0.15, 0.2) is 0 Å². The van der Waals surface area contributed by atoms with E-state index in [2.05, 4.69) is 67.2 Å². The Balaban J connectivity index is 1.94. The molecule has 0 amide bonds. The van der Waals surface area contributed by atoms with Crippen LogP contribution in [-0.2, 0) is 6.54 Å². The van der Waals surface area contributed by atoms with Crippen LogP contribution in [-0.4, -0.2) is 31.1 Å². The summed E-state index contributed by atoms with van der Waals surface area (Å²) in [5.41, 5.74) is 1.39. The van der Waals surface area contributed by atoms with Crippen molar-refractivity contribution in [2.75, 3.05) is 26.2 Å². The molecule has 1 aromatic rings. The third-order valence-corrected chi connectivity index (χ3v) is 5.78. The van der Waals surface area contributed by atoms with Crippen LogP contribution in [0, 0.1) is 5.92 Å². The highest BCUT2D eigenvalue weighted by atomic mass is 79.9. The Bertz CT molecular complexity index is 417. The molecule has 1 aliphatic heterocycles. The first-order valence-electron chi connectivity index (χ1n) is 7.56. The molecule has 1 aliphatic rings. The molecule has 0 aromatic heterocycles. The zero-order valence-electron chi connectivity index (χ0n) is 12.2. The molecule has 0 atom stereocenters. The van der Waals surface area contributed by atoms with Crippen molar-refractivity contribution in [3.63, 3.8) is 0 Å². The van der Waals surface area contributed by atoms with E-state index in [1.807, 2.05) is 0 Å². The average molecular weight is 404 g/mol. The number of nitrogens with zero attached hydrogens (tertiary/aromatic N) is 1. The van der Waals surface area contributed by atoms with Gasteiger partial charge >= 0.3 is 0 Å². The summed E-state index contributed by atoms with van der Waals surface area (Å²) in [6.07, 6.45) is 3.87. The fraction of sp³-hybridized carbons (Fsp3) is 0.625. The van der Waals surface area contributed by atoms with Crippen molar-refractivity contribution in [1.82, 2.24) is 10.2 Å². The highest BCUT2D eigenvalue weighted by Crippen LogP contribution is 2.25. The van der Waals surface area contributed by atoms with E-state index in [1.54, 1.807) is 0 Å². The zero-order valence-corrected chi connectivity index (χ0v) is 15.3. The summed E-state index contributed by atoms with van der Waals surface area (Å²) < 4.78 is 2.27. The van der Waals surface area contributed by atoms with Crippen molar-refractivity contribution in [3.8, 4) is 0 Å². The summed E-state index contributed by atoms with van der Waals surface area (Å²) in [6.45, 7) is 8.14. The number of piperidine rings is 1. The normalized spacial score (nSPS) is 16.8. The fourth-order valence-corrected chi connectivity index (χ4v) is 3.55. The minimum absolute atomic E-state index is 0.863. The van der Waals surface area contributed by atoms with Gasteiger partial charge in [0.1, 0.15) is 0 Å². The minimum Gasteiger partial charge on any atom is -0.317 e. The first-order valence-corrected chi connectivity index (χ1v) is 9.14. The summed E-state index contributed by atoms with van der Waals surface area (Å²) in [4.78, 5) is 2.62. The molecule has 1 heterocycles. The van der Waals surface area contributed by atoms with E-state index >= 15 is 0 Å². The molecule has 4 heteroatoms. The molecule has 0 spiro atoms. The van der Waals surface area contributed by atoms with Crippen LogP contribution >= 0.6 is 31.9 Å². The lowest BCUT2D eigenvalue weighted by Crippen LogP contribution is -2.36. The monoisotopic (exact) mass is 402 g/mol. The highest BCUT2D eigenvalue weighted by Gasteiger charge is 2.17. The smallest absolute Gasteiger partial charge is 0.0320 e. The Morgan fingerprint density at radius 1 is 1.20 bits per heavy atom. The van der Waals surface area contributed by atoms with Crippen LogP contribution in [0.2, 0.25) is 0 Å². The van der Waals surface area contributed by atoms with Crippen molar-refractivity contribution in [2.45, 2.75) is 32.7 Å². The number of nitrogens with one attached hydrogen (secondary N) is 1. The molecule has 1 aromatic carbocycles. The van der Waals surface area contributed by atoms with Crippen molar-refractivity contribution in [1.29, 1.82) is 0 Å². The summed E-state index contributed by atoms with van der Waals surface area (Å²) >= 11 is 7.14. The molecule has 0 bridgehead atoms. The Hall–Kier alpha value is 0.1000. The lowest BCUT2D eigenvalue weighted by molar-refractivity contribution is 0.199. The van der Waals surface area contributed by atoms with Gasteiger partial charge in [-0.1, -0.05) is 13.0 Å². The molecule has 112 valence electrons. The van der Waals surface area contributed by atoms with Crippen LogP contribution in [0.3, 0.4) is 0 Å². The SMILES string of the molecule is CCCN(Cc1ccc(Br)c(Br)c1)CC1CCNCC1. The second-order valence-electron chi connectivity index (χ2n) is 5.68. The van der Waals surface area contributed by atoms with Gasteiger partial charge in [0.05, 0.1) is 0 Å². The fourth-order valence-electron chi connectivity index (χ4n) is 2.88. The highest BCUT2D eigenvalue weighted by molar-refractivity contribution is 9.13. The topological polar surface area (TPSA) is 15.3 Å². The number of hydrogen-bond acceptors (Lipinski definition) is 2. The van der Waals surface area contributed by atoms with Gasteiger partial charge in [0.2, 0.25) is 0 Å². The minimum atomic E-state index is 0.863. The lowest BCUT2D eigenvalue weighted by atomic mass is 9.97.